The van der Waals surface area contributed by atoms with Gasteiger partial charge in [0.2, 0.25) is 5.91 Å². The summed E-state index contributed by atoms with van der Waals surface area (Å²) in [4.78, 5) is 31.0. The van der Waals surface area contributed by atoms with E-state index in [1.165, 1.54) is 4.90 Å². The Morgan fingerprint density at radius 2 is 2.00 bits per heavy atom. The maximum absolute atomic E-state index is 12.9. The Kier molecular flexibility index (Phi) is 3.72. The number of imide groups is 1. The first kappa shape index (κ1) is 15.4. The van der Waals surface area contributed by atoms with Crippen LogP contribution in [0.5, 0.6) is 5.75 Å². The van der Waals surface area contributed by atoms with Gasteiger partial charge in [0, 0.05) is 6.07 Å². The lowest BCUT2D eigenvalue weighted by molar-refractivity contribution is -0.122. The molecule has 4 rings (SSSR count). The number of imidazole rings is 1. The van der Waals surface area contributed by atoms with Gasteiger partial charge in [-0.2, -0.15) is 0 Å². The molecular weight excluding hydrogens is 318 g/mol. The molecule has 1 fully saturated rings. The summed E-state index contributed by atoms with van der Waals surface area (Å²) in [5, 5.41) is 0. The van der Waals surface area contributed by atoms with Crippen LogP contribution in [0.15, 0.2) is 54.9 Å². The second kappa shape index (κ2) is 6.05. The summed E-state index contributed by atoms with van der Waals surface area (Å²) < 4.78 is 7.25. The Hall–Kier alpha value is -3.15. The van der Waals surface area contributed by atoms with E-state index in [9.17, 15) is 9.59 Å². The van der Waals surface area contributed by atoms with Gasteiger partial charge in [0.1, 0.15) is 11.8 Å². The highest BCUT2D eigenvalue weighted by molar-refractivity contribution is 6.22. The van der Waals surface area contributed by atoms with Crippen LogP contribution in [0.25, 0.3) is 11.0 Å². The summed E-state index contributed by atoms with van der Waals surface area (Å²) >= 11 is 0. The standard InChI is InChI=1S/C19H17N3O3/c1-2-25-14-7-5-6-13(10-14)22-18(23)11-17(19(22)24)21-12-20-15-8-3-4-9-16(15)21/h3-10,12,17H,2,11H2,1H3/t17-/m0/s1. The van der Waals surface area contributed by atoms with Gasteiger partial charge in [-0.05, 0) is 31.2 Å². The highest BCUT2D eigenvalue weighted by atomic mass is 16.5. The lowest BCUT2D eigenvalue weighted by atomic mass is 10.2. The third-order valence-electron chi connectivity index (χ3n) is 4.33. The maximum atomic E-state index is 12.9. The average Bonchev–Trinajstić information content (AvgIpc) is 3.16. The molecule has 0 bridgehead atoms. The molecule has 25 heavy (non-hydrogen) atoms. The Balaban J connectivity index is 1.70. The normalized spacial score (nSPS) is 17.5. The zero-order valence-corrected chi connectivity index (χ0v) is 13.8. The van der Waals surface area contributed by atoms with Crippen molar-refractivity contribution in [3.8, 4) is 5.75 Å². The second-order valence-corrected chi connectivity index (χ2v) is 5.86. The van der Waals surface area contributed by atoms with Crippen molar-refractivity contribution in [3.63, 3.8) is 0 Å². The number of carbonyl (C=O) groups excluding carboxylic acids is 2. The van der Waals surface area contributed by atoms with Gasteiger partial charge in [-0.3, -0.25) is 9.59 Å². The van der Waals surface area contributed by atoms with E-state index in [1.807, 2.05) is 31.2 Å². The van der Waals surface area contributed by atoms with E-state index in [0.717, 1.165) is 11.0 Å². The molecule has 0 radical (unpaired) electrons. The van der Waals surface area contributed by atoms with Crippen LogP contribution >= 0.6 is 0 Å². The number of aromatic nitrogens is 2. The molecule has 126 valence electrons. The molecule has 0 N–H and O–H groups in total. The predicted molar refractivity (Wildman–Crippen MR) is 93.5 cm³/mol. The number of para-hydroxylation sites is 2. The lowest BCUT2D eigenvalue weighted by Gasteiger charge is -2.16. The molecule has 1 aliphatic heterocycles. The molecule has 1 saturated heterocycles. The average molecular weight is 335 g/mol. The van der Waals surface area contributed by atoms with Gasteiger partial charge in [-0.1, -0.05) is 18.2 Å². The molecular formula is C19H17N3O3. The van der Waals surface area contributed by atoms with Crippen molar-refractivity contribution in [1.82, 2.24) is 9.55 Å². The van der Waals surface area contributed by atoms with Crippen LogP contribution in [0.1, 0.15) is 19.4 Å². The maximum Gasteiger partial charge on any atom is 0.257 e. The Morgan fingerprint density at radius 3 is 2.84 bits per heavy atom. The molecule has 2 aromatic carbocycles. The first-order valence-corrected chi connectivity index (χ1v) is 8.20. The summed E-state index contributed by atoms with van der Waals surface area (Å²) in [7, 11) is 0. The number of fused-ring (bicyclic) bond motifs is 1. The third-order valence-corrected chi connectivity index (χ3v) is 4.33. The number of carbonyl (C=O) groups is 2. The summed E-state index contributed by atoms with van der Waals surface area (Å²) in [6.07, 6.45) is 1.75. The Bertz CT molecular complexity index is 963. The van der Waals surface area contributed by atoms with Crippen LogP contribution in [-0.2, 0) is 9.59 Å². The minimum absolute atomic E-state index is 0.123. The topological polar surface area (TPSA) is 64.4 Å². The van der Waals surface area contributed by atoms with Crippen molar-refractivity contribution in [3.05, 3.63) is 54.9 Å². The van der Waals surface area contributed by atoms with Crippen LogP contribution in [0.2, 0.25) is 0 Å². The summed E-state index contributed by atoms with van der Waals surface area (Å²) in [6.45, 7) is 2.41. The van der Waals surface area contributed by atoms with Crippen LogP contribution in [0.4, 0.5) is 5.69 Å². The van der Waals surface area contributed by atoms with Crippen molar-refractivity contribution >= 4 is 28.5 Å². The molecule has 0 saturated carbocycles. The van der Waals surface area contributed by atoms with Crippen molar-refractivity contribution in [2.75, 3.05) is 11.5 Å². The molecule has 2 amide bonds. The van der Waals surface area contributed by atoms with Gasteiger partial charge in [0.15, 0.2) is 0 Å². The predicted octanol–water partition coefficient (Wildman–Crippen LogP) is 2.94. The van der Waals surface area contributed by atoms with Gasteiger partial charge in [-0.15, -0.1) is 0 Å². The lowest BCUT2D eigenvalue weighted by Crippen LogP contribution is -2.31. The number of hydrogen-bond donors (Lipinski definition) is 0. The van der Waals surface area contributed by atoms with Gasteiger partial charge >= 0.3 is 0 Å². The fourth-order valence-electron chi connectivity index (χ4n) is 3.21. The number of anilines is 1. The van der Waals surface area contributed by atoms with Crippen LogP contribution in [0, 0.1) is 0 Å². The van der Waals surface area contributed by atoms with Crippen molar-refractivity contribution in [1.29, 1.82) is 0 Å². The Morgan fingerprint density at radius 1 is 1.16 bits per heavy atom. The molecule has 1 aromatic heterocycles. The second-order valence-electron chi connectivity index (χ2n) is 5.86. The number of hydrogen-bond acceptors (Lipinski definition) is 4. The molecule has 0 unspecified atom stereocenters. The van der Waals surface area contributed by atoms with Gasteiger partial charge < -0.3 is 9.30 Å². The molecule has 0 aliphatic carbocycles. The van der Waals surface area contributed by atoms with Gasteiger partial charge in [0.05, 0.1) is 36.1 Å². The molecule has 1 aliphatic rings. The number of amides is 2. The summed E-state index contributed by atoms with van der Waals surface area (Å²) in [5.74, 6) is 0.167. The van der Waals surface area contributed by atoms with E-state index in [4.69, 9.17) is 4.74 Å². The van der Waals surface area contributed by atoms with Crippen molar-refractivity contribution in [2.24, 2.45) is 0 Å². The summed E-state index contributed by atoms with van der Waals surface area (Å²) in [5.41, 5.74) is 2.19. The molecule has 6 nitrogen and oxygen atoms in total. The molecule has 0 spiro atoms. The van der Waals surface area contributed by atoms with E-state index < -0.39 is 6.04 Å². The number of rotatable bonds is 4. The zero-order chi connectivity index (χ0) is 17.4. The highest BCUT2D eigenvalue weighted by Gasteiger charge is 2.41. The zero-order valence-electron chi connectivity index (χ0n) is 13.8. The molecule has 2 heterocycles. The number of nitrogens with zero attached hydrogens (tertiary/aromatic N) is 3. The van der Waals surface area contributed by atoms with E-state index in [-0.39, 0.29) is 18.2 Å². The smallest absolute Gasteiger partial charge is 0.257 e. The van der Waals surface area contributed by atoms with Crippen LogP contribution in [-0.4, -0.2) is 28.0 Å². The first-order chi connectivity index (χ1) is 12.2. The van der Waals surface area contributed by atoms with Crippen molar-refractivity contribution < 1.29 is 14.3 Å². The quantitative estimate of drug-likeness (QED) is 0.688. The largest absolute Gasteiger partial charge is 0.494 e. The monoisotopic (exact) mass is 335 g/mol. The minimum Gasteiger partial charge on any atom is -0.494 e. The minimum atomic E-state index is -0.573. The van der Waals surface area contributed by atoms with E-state index >= 15 is 0 Å². The molecule has 1 atom stereocenters. The SMILES string of the molecule is CCOc1cccc(N2C(=O)C[C@H](n3cnc4ccccc43)C2=O)c1. The van der Waals surface area contributed by atoms with E-state index in [0.29, 0.717) is 18.0 Å². The van der Waals surface area contributed by atoms with Crippen molar-refractivity contribution in [2.45, 2.75) is 19.4 Å². The van der Waals surface area contributed by atoms with Gasteiger partial charge in [-0.25, -0.2) is 9.88 Å². The van der Waals surface area contributed by atoms with E-state index in [2.05, 4.69) is 4.98 Å². The summed E-state index contributed by atoms with van der Waals surface area (Å²) in [6, 6.07) is 14.0. The third kappa shape index (κ3) is 2.55. The molecule has 6 heteroatoms. The fraction of sp³-hybridized carbons (Fsp3) is 0.211. The fourth-order valence-corrected chi connectivity index (χ4v) is 3.21. The highest BCUT2D eigenvalue weighted by Crippen LogP contribution is 2.33. The van der Waals surface area contributed by atoms with Crippen LogP contribution in [0.3, 0.4) is 0 Å². The van der Waals surface area contributed by atoms with Gasteiger partial charge in [0.25, 0.3) is 5.91 Å². The molecule has 3 aromatic rings. The number of benzene rings is 2. The van der Waals surface area contributed by atoms with Crippen LogP contribution < -0.4 is 9.64 Å². The Labute approximate surface area is 144 Å². The first-order valence-electron chi connectivity index (χ1n) is 8.20. The van der Waals surface area contributed by atoms with E-state index in [1.54, 1.807) is 35.2 Å². The number of ether oxygens (including phenoxy) is 1.